The number of piperazine rings is 1. The van der Waals surface area contributed by atoms with E-state index in [0.29, 0.717) is 41.1 Å². The van der Waals surface area contributed by atoms with Crippen LogP contribution in [0, 0.1) is 5.82 Å². The summed E-state index contributed by atoms with van der Waals surface area (Å²) in [5.74, 6) is 1.77. The Hall–Kier alpha value is -5.20. The number of rotatable bonds is 11. The van der Waals surface area contributed by atoms with E-state index in [2.05, 4.69) is 44.0 Å². The molecule has 1 atom stereocenters. The summed E-state index contributed by atoms with van der Waals surface area (Å²) in [7, 11) is 3.71. The molecule has 2 N–H and O–H groups in total. The first-order valence-corrected chi connectivity index (χ1v) is 15.5. The van der Waals surface area contributed by atoms with Crippen molar-refractivity contribution in [3.05, 3.63) is 103 Å². The topological polar surface area (TPSA) is 104 Å². The molecule has 0 unspecified atom stereocenters. The van der Waals surface area contributed by atoms with Crippen LogP contribution in [0.15, 0.2) is 85.7 Å². The van der Waals surface area contributed by atoms with Crippen LogP contribution in [0.25, 0.3) is 0 Å². The van der Waals surface area contributed by atoms with Gasteiger partial charge in [-0.3, -0.25) is 9.63 Å². The zero-order valence-corrected chi connectivity index (χ0v) is 26.5. The minimum absolute atomic E-state index is 0.117. The number of carbonyl (C=O) groups excluding carboxylic acids is 1. The van der Waals surface area contributed by atoms with Gasteiger partial charge >= 0.3 is 0 Å². The maximum atomic E-state index is 13.6. The van der Waals surface area contributed by atoms with Gasteiger partial charge in [-0.1, -0.05) is 30.8 Å². The normalized spacial score (nSPS) is 16.5. The summed E-state index contributed by atoms with van der Waals surface area (Å²) < 4.78 is 25.4. The molecule has 0 bridgehead atoms. The third-order valence-corrected chi connectivity index (χ3v) is 8.19. The van der Waals surface area contributed by atoms with E-state index in [-0.39, 0.29) is 24.4 Å². The van der Waals surface area contributed by atoms with Crippen molar-refractivity contribution in [3.63, 3.8) is 0 Å². The molecule has 2 fully saturated rings. The van der Waals surface area contributed by atoms with Crippen molar-refractivity contribution in [3.8, 4) is 11.5 Å². The molecule has 0 radical (unpaired) electrons. The molecule has 1 aromatic heterocycles. The first-order chi connectivity index (χ1) is 22.9. The first-order valence-electron chi connectivity index (χ1n) is 15.5. The molecule has 0 spiro atoms. The lowest BCUT2D eigenvalue weighted by Gasteiger charge is -2.35. The highest BCUT2D eigenvalue weighted by atomic mass is 19.1. The minimum atomic E-state index is -0.304. The molecule has 47 heavy (non-hydrogen) atoms. The lowest BCUT2D eigenvalue weighted by molar-refractivity contribution is -0.111. The van der Waals surface area contributed by atoms with Crippen LogP contribution in [0.3, 0.4) is 0 Å². The lowest BCUT2D eigenvalue weighted by Crippen LogP contribution is -2.44. The Morgan fingerprint density at radius 3 is 2.68 bits per heavy atom. The molecule has 4 aromatic rings. The molecule has 244 valence electrons. The monoisotopic (exact) mass is 639 g/mol. The van der Waals surface area contributed by atoms with E-state index in [1.54, 1.807) is 24.3 Å². The Kier molecular flexibility index (Phi) is 9.79. The molecule has 11 nitrogen and oxygen atoms in total. The molecular weight excluding hydrogens is 601 g/mol. The van der Waals surface area contributed by atoms with E-state index >= 15 is 0 Å². The highest BCUT2D eigenvalue weighted by Gasteiger charge is 2.30. The largest absolute Gasteiger partial charge is 0.494 e. The fourth-order valence-electron chi connectivity index (χ4n) is 5.71. The number of hydrogen-bond acceptors (Lipinski definition) is 10. The van der Waals surface area contributed by atoms with Crippen LogP contribution in [0.5, 0.6) is 11.5 Å². The van der Waals surface area contributed by atoms with Crippen LogP contribution < -0.4 is 30.1 Å². The number of hydroxylamine groups is 1. The molecule has 3 heterocycles. The number of nitrogens with zero attached hydrogens (tertiary/aromatic N) is 5. The summed E-state index contributed by atoms with van der Waals surface area (Å²) in [4.78, 5) is 31.9. The lowest BCUT2D eigenvalue weighted by atomic mass is 10.0. The second-order valence-electron chi connectivity index (χ2n) is 11.4. The first kappa shape index (κ1) is 31.8. The van der Waals surface area contributed by atoms with Crippen molar-refractivity contribution in [1.82, 2.24) is 14.9 Å². The Balaban J connectivity index is 1.22. The van der Waals surface area contributed by atoms with Crippen LogP contribution in [0.2, 0.25) is 0 Å². The fourth-order valence-corrected chi connectivity index (χ4v) is 5.71. The Morgan fingerprint density at radius 1 is 1.06 bits per heavy atom. The number of halogens is 1. The summed E-state index contributed by atoms with van der Waals surface area (Å²) >= 11 is 0. The summed E-state index contributed by atoms with van der Waals surface area (Å²) in [6.07, 6.45) is 3.47. The number of carbonyl (C=O) groups is 1. The highest BCUT2D eigenvalue weighted by molar-refractivity contribution is 6.02. The fraction of sp³-hybridized carbons (Fsp3) is 0.286. The molecule has 3 aromatic carbocycles. The van der Waals surface area contributed by atoms with Crippen molar-refractivity contribution in [1.29, 1.82) is 0 Å². The van der Waals surface area contributed by atoms with Gasteiger partial charge in [-0.05, 0) is 54.6 Å². The molecule has 6 rings (SSSR count). The minimum Gasteiger partial charge on any atom is -0.494 e. The van der Waals surface area contributed by atoms with E-state index in [9.17, 15) is 9.18 Å². The molecule has 12 heteroatoms. The number of ether oxygens (including phenoxy) is 2. The number of benzene rings is 3. The number of nitrogens with one attached hydrogen (secondary N) is 2. The predicted octanol–water partition coefficient (Wildman–Crippen LogP) is 5.71. The predicted molar refractivity (Wildman–Crippen MR) is 180 cm³/mol. The second-order valence-corrected chi connectivity index (χ2v) is 11.4. The van der Waals surface area contributed by atoms with E-state index in [4.69, 9.17) is 14.3 Å². The Bertz CT molecular complexity index is 1730. The highest BCUT2D eigenvalue weighted by Crippen LogP contribution is 2.40. The maximum absolute atomic E-state index is 13.6. The molecule has 2 aliphatic heterocycles. The van der Waals surface area contributed by atoms with Gasteiger partial charge in [-0.25, -0.2) is 19.4 Å². The zero-order chi connectivity index (χ0) is 32.8. The van der Waals surface area contributed by atoms with Crippen LogP contribution in [-0.4, -0.2) is 67.7 Å². The van der Waals surface area contributed by atoms with E-state index in [1.807, 2.05) is 42.5 Å². The number of aromatic nitrogens is 2. The van der Waals surface area contributed by atoms with E-state index in [1.165, 1.54) is 24.5 Å². The van der Waals surface area contributed by atoms with Crippen molar-refractivity contribution in [2.45, 2.75) is 19.1 Å². The Labute approximate surface area is 273 Å². The van der Waals surface area contributed by atoms with Gasteiger partial charge < -0.3 is 29.9 Å². The van der Waals surface area contributed by atoms with Crippen molar-refractivity contribution in [2.24, 2.45) is 0 Å². The SMILES string of the molecule is C=CC(=O)Nc1cc(Nc2cc(N3OCC[C@@H]3c3cccc(OCc4cccc(F)c4)c3)ncn2)c(OC)cc1N1CCN(C)CC1. The van der Waals surface area contributed by atoms with Gasteiger partial charge in [-0.2, -0.15) is 0 Å². The number of methoxy groups -OCH3 is 1. The van der Waals surface area contributed by atoms with Gasteiger partial charge in [0.25, 0.3) is 0 Å². The van der Waals surface area contributed by atoms with Crippen LogP contribution >= 0.6 is 0 Å². The van der Waals surface area contributed by atoms with Crippen LogP contribution in [0.1, 0.15) is 23.6 Å². The summed E-state index contributed by atoms with van der Waals surface area (Å²) in [6.45, 7) is 7.83. The summed E-state index contributed by atoms with van der Waals surface area (Å²) in [5.41, 5.74) is 3.88. The van der Waals surface area contributed by atoms with E-state index in [0.717, 1.165) is 49.4 Å². The molecular formula is C35H38FN7O4. The third-order valence-electron chi connectivity index (χ3n) is 8.19. The Morgan fingerprint density at radius 2 is 1.89 bits per heavy atom. The van der Waals surface area contributed by atoms with Gasteiger partial charge in [0.2, 0.25) is 5.91 Å². The number of likely N-dealkylation sites (N-methyl/N-ethyl adjacent to an activating group) is 1. The average molecular weight is 640 g/mol. The quantitative estimate of drug-likeness (QED) is 0.199. The van der Waals surface area contributed by atoms with Gasteiger partial charge in [0.1, 0.15) is 36.1 Å². The smallest absolute Gasteiger partial charge is 0.247 e. The molecule has 0 saturated carbocycles. The van der Waals surface area contributed by atoms with Crippen molar-refractivity contribution in [2.75, 3.05) is 67.5 Å². The van der Waals surface area contributed by atoms with Gasteiger partial charge in [0.05, 0.1) is 36.8 Å². The average Bonchev–Trinajstić information content (AvgIpc) is 3.59. The number of amides is 1. The van der Waals surface area contributed by atoms with Gasteiger partial charge in [0, 0.05) is 44.7 Å². The van der Waals surface area contributed by atoms with Gasteiger partial charge in [-0.15, -0.1) is 0 Å². The molecule has 0 aliphatic carbocycles. The molecule has 1 amide bonds. The van der Waals surface area contributed by atoms with Gasteiger partial charge in [0.15, 0.2) is 5.82 Å². The number of anilines is 5. The summed E-state index contributed by atoms with van der Waals surface area (Å²) in [5, 5.41) is 8.08. The molecule has 2 aliphatic rings. The van der Waals surface area contributed by atoms with Crippen LogP contribution in [0.4, 0.5) is 33.1 Å². The molecule has 2 saturated heterocycles. The van der Waals surface area contributed by atoms with Crippen LogP contribution in [-0.2, 0) is 16.2 Å². The van der Waals surface area contributed by atoms with E-state index < -0.39 is 0 Å². The second kappa shape index (κ2) is 14.5. The number of hydrogen-bond donors (Lipinski definition) is 2. The standard InChI is InChI=1S/C35H38FN7O4/c1-4-35(44)40-28-19-29(32(45-3)20-31(28)42-14-12-41(2)13-15-42)39-33-21-34(38-23-37-33)43-30(11-16-47-43)25-8-6-10-27(18-25)46-22-24-7-5-9-26(36)17-24/h4-10,17-21,23,30H,1,11-16,22H2,2-3H3,(H,40,44)(H,37,38,39)/t30-/m1/s1. The van der Waals surface area contributed by atoms with Crippen molar-refractivity contribution < 1.29 is 23.5 Å². The zero-order valence-electron chi connectivity index (χ0n) is 26.5. The maximum Gasteiger partial charge on any atom is 0.247 e. The summed E-state index contributed by atoms with van der Waals surface area (Å²) in [6, 6.07) is 19.6. The van der Waals surface area contributed by atoms with Crippen molar-refractivity contribution >= 4 is 34.6 Å². The third kappa shape index (κ3) is 7.62.